The van der Waals surface area contributed by atoms with Crippen LogP contribution in [-0.4, -0.2) is 59.9 Å². The van der Waals surface area contributed by atoms with E-state index in [1.165, 1.54) is 0 Å². The van der Waals surface area contributed by atoms with Crippen LogP contribution in [0.25, 0.3) is 0 Å². The number of carbonyl (C=O) groups is 1. The fourth-order valence-corrected chi connectivity index (χ4v) is 3.73. The SMILES string of the molecule is CC(C)(C)OC(=O)N1CCC[C@H]1C[S-].CN1OC[C@H]([C-]=O)[C@H]1c1ccccc1.[C-]#[O+].[C-]#[O+].[C-]#[O+].[C-]#[O+].[C-]#[O+].[C-]#[O+].[Fe].[Fe]. The number of hydrogen-bond acceptors (Lipinski definition) is 6. The van der Waals surface area contributed by atoms with Crippen molar-refractivity contribution < 1.29 is 81.2 Å². The molecule has 2 saturated heterocycles. The number of ether oxygens (including phenoxy) is 1. The van der Waals surface area contributed by atoms with Gasteiger partial charge in [-0.2, -0.15) is 10.8 Å². The van der Waals surface area contributed by atoms with E-state index >= 15 is 0 Å². The third-order valence-electron chi connectivity index (χ3n) is 4.72. The number of rotatable bonds is 3. The van der Waals surface area contributed by atoms with Gasteiger partial charge < -0.3 is 31.9 Å². The van der Waals surface area contributed by atoms with Crippen molar-refractivity contribution in [3.05, 3.63) is 75.8 Å². The zero-order valence-corrected chi connectivity index (χ0v) is 26.3. The molecule has 0 bridgehead atoms. The number of benzene rings is 1. The van der Waals surface area contributed by atoms with Crippen molar-refractivity contribution in [3.63, 3.8) is 0 Å². The minimum absolute atomic E-state index is 0. The Morgan fingerprint density at radius 3 is 1.81 bits per heavy atom. The first-order valence-electron chi connectivity index (χ1n) is 10.9. The molecule has 3 atom stereocenters. The average Bonchev–Trinajstić information content (AvgIpc) is 3.66. The van der Waals surface area contributed by atoms with Gasteiger partial charge in [0.2, 0.25) is 0 Å². The van der Waals surface area contributed by atoms with Gasteiger partial charge >= 0.3 is 73.9 Å². The molecule has 0 unspecified atom stereocenters. The van der Waals surface area contributed by atoms with E-state index in [9.17, 15) is 9.59 Å². The molecule has 2 fully saturated rings. The van der Waals surface area contributed by atoms with Gasteiger partial charge in [-0.05, 0) is 39.2 Å². The van der Waals surface area contributed by atoms with E-state index in [2.05, 4.69) is 39.9 Å². The van der Waals surface area contributed by atoms with Gasteiger partial charge in [0.25, 0.3) is 0 Å². The van der Waals surface area contributed by atoms with Gasteiger partial charge in [-0.3, -0.25) is 6.29 Å². The number of hydroxylamine groups is 2. The van der Waals surface area contributed by atoms with Crippen LogP contribution in [0.4, 0.5) is 4.79 Å². The Kier molecular flexibility index (Phi) is 51.7. The molecule has 0 aromatic heterocycles. The first-order chi connectivity index (χ1) is 19.3. The normalized spacial score (nSPS) is 17.1. The smallest absolute Gasteiger partial charge is 0 e. The summed E-state index contributed by atoms with van der Waals surface area (Å²) in [6.45, 7) is 33.9. The average molecular weight is 686 g/mol. The van der Waals surface area contributed by atoms with Gasteiger partial charge in [0.05, 0.1) is 0 Å². The molecule has 0 aliphatic carbocycles. The van der Waals surface area contributed by atoms with E-state index in [0.717, 1.165) is 24.9 Å². The molecule has 2 heterocycles. The molecule has 232 valence electrons. The Bertz CT molecular complexity index is 857. The van der Waals surface area contributed by atoms with Gasteiger partial charge in [0.15, 0.2) is 0 Å². The van der Waals surface area contributed by atoms with E-state index in [0.29, 0.717) is 12.4 Å². The monoisotopic (exact) mass is 686 g/mol. The predicted octanol–water partition coefficient (Wildman–Crippen LogP) is 3.03. The van der Waals surface area contributed by atoms with Crippen LogP contribution in [0, 0.1) is 45.8 Å². The first kappa shape index (κ1) is 55.8. The zero-order valence-electron chi connectivity index (χ0n) is 23.2. The second-order valence-electron chi connectivity index (χ2n) is 8.06. The Hall–Kier alpha value is -2.09. The molecule has 1 amide bonds. The van der Waals surface area contributed by atoms with Crippen molar-refractivity contribution in [1.29, 1.82) is 0 Å². The summed E-state index contributed by atoms with van der Waals surface area (Å²) in [5.74, 6) is 0.432. The fourth-order valence-electron chi connectivity index (χ4n) is 3.38. The molecule has 12 nitrogen and oxygen atoms in total. The van der Waals surface area contributed by atoms with Crippen LogP contribution in [0.5, 0.6) is 0 Å². The topological polar surface area (TPSA) is 178 Å². The number of nitrogens with zero attached hydrogens (tertiary/aromatic N) is 2. The maximum absolute atomic E-state index is 11.7. The molecule has 0 N–H and O–H groups in total. The number of hydrogen-bond donors (Lipinski definition) is 0. The number of carbonyl (C=O) groups excluding carboxylic acids is 2. The summed E-state index contributed by atoms with van der Waals surface area (Å²) >= 11 is 5.00. The van der Waals surface area contributed by atoms with E-state index in [-0.39, 0.29) is 58.2 Å². The van der Waals surface area contributed by atoms with E-state index in [4.69, 9.17) is 50.1 Å². The third kappa shape index (κ3) is 24.5. The summed E-state index contributed by atoms with van der Waals surface area (Å²) in [7, 11) is 1.84. The Balaban J connectivity index is -0.0000000830. The summed E-state index contributed by atoms with van der Waals surface area (Å²) in [6, 6.07) is 10.1. The van der Waals surface area contributed by atoms with E-state index in [1.54, 1.807) is 9.96 Å². The zero-order chi connectivity index (χ0) is 32.7. The molecule has 0 saturated carbocycles. The van der Waals surface area contributed by atoms with Crippen LogP contribution in [-0.2, 0) is 89.0 Å². The van der Waals surface area contributed by atoms with Crippen LogP contribution in [0.1, 0.15) is 45.2 Å². The van der Waals surface area contributed by atoms with Crippen molar-refractivity contribution in [2.24, 2.45) is 5.92 Å². The minimum atomic E-state index is -0.411. The maximum atomic E-state index is 11.7. The molecule has 2 aliphatic rings. The third-order valence-corrected chi connectivity index (χ3v) is 5.11. The molecule has 1 aromatic rings. The summed E-state index contributed by atoms with van der Waals surface area (Å²) in [4.78, 5) is 29.4. The second-order valence-corrected chi connectivity index (χ2v) is 8.39. The van der Waals surface area contributed by atoms with Crippen molar-refractivity contribution in [1.82, 2.24) is 9.96 Å². The predicted molar refractivity (Wildman–Crippen MR) is 134 cm³/mol. The number of amides is 1. The molecule has 15 heteroatoms. The van der Waals surface area contributed by atoms with Crippen molar-refractivity contribution >= 4 is 25.0 Å². The van der Waals surface area contributed by atoms with Crippen LogP contribution in [0.15, 0.2) is 30.3 Å². The van der Waals surface area contributed by atoms with E-state index < -0.39 is 5.60 Å². The van der Waals surface area contributed by atoms with Crippen LogP contribution < -0.4 is 0 Å². The van der Waals surface area contributed by atoms with Gasteiger partial charge in [-0.1, -0.05) is 36.2 Å². The van der Waals surface area contributed by atoms with Gasteiger partial charge in [0.1, 0.15) is 5.60 Å². The molecule has 42 heavy (non-hydrogen) atoms. The largest absolute Gasteiger partial charge is 0 e. The van der Waals surface area contributed by atoms with Crippen molar-refractivity contribution in [2.45, 2.75) is 51.3 Å². The molecule has 1 aromatic carbocycles. The van der Waals surface area contributed by atoms with Gasteiger partial charge in [0, 0.05) is 66.4 Å². The van der Waals surface area contributed by atoms with Crippen molar-refractivity contribution in [2.75, 3.05) is 26.0 Å². The second kappa shape index (κ2) is 38.9. The summed E-state index contributed by atoms with van der Waals surface area (Å²) < 4.78 is 50.3. The molecular weight excluding hydrogens is 656 g/mol. The van der Waals surface area contributed by atoms with Crippen LogP contribution in [0.2, 0.25) is 0 Å². The first-order valence-corrected chi connectivity index (χ1v) is 11.4. The Labute approximate surface area is 274 Å². The molecule has 0 spiro atoms. The van der Waals surface area contributed by atoms with E-state index in [1.807, 2.05) is 64.4 Å². The molecule has 2 aliphatic heterocycles. The van der Waals surface area contributed by atoms with Crippen LogP contribution in [0.3, 0.4) is 0 Å². The molecule has 0 radical (unpaired) electrons. The maximum Gasteiger partial charge on any atom is 0 e. The minimum Gasteiger partial charge on any atom is 0 e. The molecular formula is C27H30Fe2N2O10S-2. The Morgan fingerprint density at radius 2 is 1.43 bits per heavy atom. The molecule has 3 rings (SSSR count). The van der Waals surface area contributed by atoms with Crippen molar-refractivity contribution in [3.8, 4) is 0 Å². The fraction of sp³-hybridized carbons (Fsp3) is 0.481. The van der Waals surface area contributed by atoms with Gasteiger partial charge in [-0.25, -0.2) is 4.79 Å². The summed E-state index contributed by atoms with van der Waals surface area (Å²) in [6.07, 6.45) is 3.87. The standard InChI is InChI=1S/C11H12NO2.C10H19NO2S.6CO.2Fe/c1-12-11(10(7-13)8-14-12)9-5-3-2-4-6-9;1-10(2,3)13-9(12)11-6-4-5-8(11)7-14;6*1-2;;/h2-6,10-11H,8H2,1H3;8,14H,4-7H2,1-3H3;;;;;;;;/q-1;;;;;;;;;/p-1/t10-,11+;8-;;;;;;;;/m00......../s1. The number of likely N-dealkylation sites (tertiary alicyclic amines) is 1. The summed E-state index contributed by atoms with van der Waals surface area (Å²) in [5, 5.41) is 1.73. The summed E-state index contributed by atoms with van der Waals surface area (Å²) in [5.41, 5.74) is 0.687. The quantitative estimate of drug-likeness (QED) is 0.204. The van der Waals surface area contributed by atoms with Gasteiger partial charge in [-0.15, -0.1) is 0 Å². The Morgan fingerprint density at radius 1 is 0.976 bits per heavy atom. The van der Waals surface area contributed by atoms with Crippen LogP contribution >= 0.6 is 0 Å².